The van der Waals surface area contributed by atoms with Crippen molar-refractivity contribution in [3.63, 3.8) is 0 Å². The van der Waals surface area contributed by atoms with E-state index >= 15 is 0 Å². The lowest BCUT2D eigenvalue weighted by Gasteiger charge is -2.12. The zero-order valence-corrected chi connectivity index (χ0v) is 16.0. The van der Waals surface area contributed by atoms with Gasteiger partial charge in [-0.25, -0.2) is 27.5 Å². The molecule has 146 valence electrons. The van der Waals surface area contributed by atoms with Crippen LogP contribution in [0.1, 0.15) is 5.69 Å². The molecule has 1 aromatic heterocycles. The van der Waals surface area contributed by atoms with Crippen molar-refractivity contribution in [2.45, 2.75) is 11.4 Å². The second kappa shape index (κ2) is 8.32. The van der Waals surface area contributed by atoms with E-state index in [0.29, 0.717) is 22.7 Å². The van der Waals surface area contributed by atoms with Gasteiger partial charge < -0.3 is 9.47 Å². The van der Waals surface area contributed by atoms with Gasteiger partial charge in [0.05, 0.1) is 32.2 Å². The Morgan fingerprint density at radius 2 is 1.75 bits per heavy atom. The summed E-state index contributed by atoms with van der Waals surface area (Å²) < 4.78 is 51.1. The van der Waals surface area contributed by atoms with Crippen LogP contribution in [-0.2, 0) is 16.6 Å². The van der Waals surface area contributed by atoms with Crippen molar-refractivity contribution in [1.29, 1.82) is 0 Å². The highest BCUT2D eigenvalue weighted by Crippen LogP contribution is 2.28. The predicted molar refractivity (Wildman–Crippen MR) is 101 cm³/mol. The van der Waals surface area contributed by atoms with Gasteiger partial charge in [0.25, 0.3) is 0 Å². The first-order valence-corrected chi connectivity index (χ1v) is 9.70. The fourth-order valence-electron chi connectivity index (χ4n) is 2.52. The van der Waals surface area contributed by atoms with E-state index in [4.69, 9.17) is 9.47 Å². The highest BCUT2D eigenvalue weighted by molar-refractivity contribution is 7.89. The van der Waals surface area contributed by atoms with Gasteiger partial charge in [0.2, 0.25) is 10.0 Å². The highest BCUT2D eigenvalue weighted by atomic mass is 32.2. The molecule has 0 aliphatic rings. The van der Waals surface area contributed by atoms with Gasteiger partial charge in [-0.15, -0.1) is 0 Å². The van der Waals surface area contributed by atoms with E-state index in [0.717, 1.165) is 0 Å². The van der Waals surface area contributed by atoms with Crippen molar-refractivity contribution in [2.75, 3.05) is 14.2 Å². The summed E-state index contributed by atoms with van der Waals surface area (Å²) in [5, 5.41) is 0. The van der Waals surface area contributed by atoms with Crippen LogP contribution < -0.4 is 14.2 Å². The first-order chi connectivity index (χ1) is 13.4. The van der Waals surface area contributed by atoms with E-state index in [2.05, 4.69) is 14.7 Å². The smallest absolute Gasteiger partial charge is 0.244 e. The van der Waals surface area contributed by atoms with Crippen LogP contribution >= 0.6 is 0 Å². The van der Waals surface area contributed by atoms with E-state index in [1.165, 1.54) is 50.9 Å². The monoisotopic (exact) mass is 403 g/mol. The Hall–Kier alpha value is -3.04. The van der Waals surface area contributed by atoms with Crippen molar-refractivity contribution < 1.29 is 22.3 Å². The van der Waals surface area contributed by atoms with Crippen LogP contribution in [0.3, 0.4) is 0 Å². The first-order valence-electron chi connectivity index (χ1n) is 8.21. The number of rotatable bonds is 7. The van der Waals surface area contributed by atoms with Gasteiger partial charge in [-0.2, -0.15) is 0 Å². The Morgan fingerprint density at radius 3 is 2.43 bits per heavy atom. The molecule has 9 heteroatoms. The molecule has 0 unspecified atom stereocenters. The second-order valence-electron chi connectivity index (χ2n) is 5.74. The van der Waals surface area contributed by atoms with Gasteiger partial charge in [-0.1, -0.05) is 0 Å². The molecule has 0 radical (unpaired) electrons. The van der Waals surface area contributed by atoms with Crippen LogP contribution in [0.4, 0.5) is 4.39 Å². The standard InChI is InChI=1S/C19H18FN3O4S/c1-26-16-7-8-19(18(10-16)27-2)28(24,25)23-11-15-9-17(22-12-21-15)13-3-5-14(20)6-4-13/h3-10,12,23H,11H2,1-2H3. The van der Waals surface area contributed by atoms with E-state index in [1.807, 2.05) is 0 Å². The van der Waals surface area contributed by atoms with Gasteiger partial charge in [0.15, 0.2) is 0 Å². The van der Waals surface area contributed by atoms with Crippen LogP contribution in [0.25, 0.3) is 11.3 Å². The summed E-state index contributed by atoms with van der Waals surface area (Å²) in [6.45, 7) is -0.0474. The van der Waals surface area contributed by atoms with E-state index in [9.17, 15) is 12.8 Å². The van der Waals surface area contributed by atoms with Crippen molar-refractivity contribution in [2.24, 2.45) is 0 Å². The highest BCUT2D eigenvalue weighted by Gasteiger charge is 2.20. The van der Waals surface area contributed by atoms with Crippen molar-refractivity contribution >= 4 is 10.0 Å². The van der Waals surface area contributed by atoms with Crippen molar-refractivity contribution in [3.05, 3.63) is 66.4 Å². The molecule has 0 spiro atoms. The third-order valence-corrected chi connectivity index (χ3v) is 5.41. The molecule has 1 N–H and O–H groups in total. The summed E-state index contributed by atoms with van der Waals surface area (Å²) in [6.07, 6.45) is 1.33. The lowest BCUT2D eigenvalue weighted by Crippen LogP contribution is -2.24. The molecule has 0 amide bonds. The van der Waals surface area contributed by atoms with Gasteiger partial charge in [0, 0.05) is 11.6 Å². The lowest BCUT2D eigenvalue weighted by molar-refractivity contribution is 0.386. The largest absolute Gasteiger partial charge is 0.497 e. The summed E-state index contributed by atoms with van der Waals surface area (Å²) in [7, 11) is -0.987. The third-order valence-electron chi connectivity index (χ3n) is 3.97. The molecule has 0 bridgehead atoms. The number of methoxy groups -OCH3 is 2. The maximum absolute atomic E-state index is 13.1. The minimum absolute atomic E-state index is 0.0105. The summed E-state index contributed by atoms with van der Waals surface area (Å²) >= 11 is 0. The van der Waals surface area contributed by atoms with Crippen LogP contribution in [-0.4, -0.2) is 32.6 Å². The Kier molecular flexibility index (Phi) is 5.86. The Balaban J connectivity index is 1.80. The molecular formula is C19H18FN3O4S. The lowest BCUT2D eigenvalue weighted by atomic mass is 10.1. The fourth-order valence-corrected chi connectivity index (χ4v) is 3.66. The maximum Gasteiger partial charge on any atom is 0.244 e. The van der Waals surface area contributed by atoms with Gasteiger partial charge in [-0.05, 0) is 42.5 Å². The van der Waals surface area contributed by atoms with E-state index in [1.54, 1.807) is 18.2 Å². The van der Waals surface area contributed by atoms with Gasteiger partial charge in [-0.3, -0.25) is 0 Å². The molecule has 0 atom stereocenters. The molecule has 0 aliphatic heterocycles. The summed E-state index contributed by atoms with van der Waals surface area (Å²) in [4.78, 5) is 8.22. The fraction of sp³-hybridized carbons (Fsp3) is 0.158. The topological polar surface area (TPSA) is 90.4 Å². The number of hydrogen-bond acceptors (Lipinski definition) is 6. The number of hydrogen-bond donors (Lipinski definition) is 1. The quantitative estimate of drug-likeness (QED) is 0.652. The summed E-state index contributed by atoms with van der Waals surface area (Å²) in [5.41, 5.74) is 1.72. The molecule has 7 nitrogen and oxygen atoms in total. The van der Waals surface area contributed by atoms with Crippen LogP contribution in [0.15, 0.2) is 59.8 Å². The SMILES string of the molecule is COc1ccc(S(=O)(=O)NCc2cc(-c3ccc(F)cc3)ncn2)c(OC)c1. The van der Waals surface area contributed by atoms with E-state index < -0.39 is 10.0 Å². The average Bonchev–Trinajstić information content (AvgIpc) is 2.72. The molecular weight excluding hydrogens is 385 g/mol. The number of sulfonamides is 1. The Morgan fingerprint density at radius 1 is 1.00 bits per heavy atom. The normalized spacial score (nSPS) is 11.2. The van der Waals surface area contributed by atoms with Crippen molar-refractivity contribution in [3.8, 4) is 22.8 Å². The van der Waals surface area contributed by atoms with Gasteiger partial charge in [0.1, 0.15) is 28.5 Å². The summed E-state index contributed by atoms with van der Waals surface area (Å²) in [6, 6.07) is 11.9. The van der Waals surface area contributed by atoms with Crippen LogP contribution in [0.5, 0.6) is 11.5 Å². The molecule has 3 aromatic rings. The number of aromatic nitrogens is 2. The second-order valence-corrected chi connectivity index (χ2v) is 7.48. The average molecular weight is 403 g/mol. The molecule has 28 heavy (non-hydrogen) atoms. The zero-order chi connectivity index (χ0) is 20.1. The van der Waals surface area contributed by atoms with Gasteiger partial charge >= 0.3 is 0 Å². The third kappa shape index (κ3) is 4.44. The molecule has 1 heterocycles. The minimum atomic E-state index is -3.85. The number of benzene rings is 2. The molecule has 0 aliphatic carbocycles. The number of nitrogens with zero attached hydrogens (tertiary/aromatic N) is 2. The van der Waals surface area contributed by atoms with E-state index in [-0.39, 0.29) is 23.0 Å². The molecule has 2 aromatic carbocycles. The first kappa shape index (κ1) is 19.7. The molecule has 0 saturated carbocycles. The molecule has 0 fully saturated rings. The predicted octanol–water partition coefficient (Wildman–Crippen LogP) is 2.78. The summed E-state index contributed by atoms with van der Waals surface area (Å²) in [5.74, 6) is 0.302. The number of nitrogens with one attached hydrogen (secondary N) is 1. The molecule has 3 rings (SSSR count). The minimum Gasteiger partial charge on any atom is -0.497 e. The number of ether oxygens (including phenoxy) is 2. The maximum atomic E-state index is 13.1. The van der Waals surface area contributed by atoms with Crippen molar-refractivity contribution in [1.82, 2.24) is 14.7 Å². The van der Waals surface area contributed by atoms with Crippen LogP contribution in [0, 0.1) is 5.82 Å². The Bertz CT molecular complexity index is 1070. The number of halogens is 1. The van der Waals surface area contributed by atoms with Crippen LogP contribution in [0.2, 0.25) is 0 Å². The Labute approximate surface area is 162 Å². The zero-order valence-electron chi connectivity index (χ0n) is 15.2. The molecule has 0 saturated heterocycles.